The molecule has 4 rings (SSSR count). The monoisotopic (exact) mass is 406 g/mol. The van der Waals surface area contributed by atoms with Gasteiger partial charge in [-0.15, -0.1) is 11.3 Å². The fraction of sp³-hybridized carbons (Fsp3) is 0.333. The Hall–Kier alpha value is -1.70. The van der Waals surface area contributed by atoms with Crippen LogP contribution in [0.15, 0.2) is 35.4 Å². The summed E-state index contributed by atoms with van der Waals surface area (Å²) in [5, 5.41) is 10.7. The largest absolute Gasteiger partial charge is 0.368 e. The number of nitrogens with two attached hydrogens (primary N) is 1. The molecule has 3 heterocycles. The van der Waals surface area contributed by atoms with Gasteiger partial charge in [0.2, 0.25) is 5.91 Å². The van der Waals surface area contributed by atoms with Crippen LogP contribution in [0.1, 0.15) is 16.9 Å². The molecule has 1 fully saturated rings. The van der Waals surface area contributed by atoms with E-state index < -0.39 is 0 Å². The van der Waals surface area contributed by atoms with Gasteiger partial charge in [0.25, 0.3) is 0 Å². The Bertz CT molecular complexity index is 843. The molecule has 0 aliphatic carbocycles. The lowest BCUT2D eigenvalue weighted by Gasteiger charge is -2.26. The molecule has 1 amide bonds. The van der Waals surface area contributed by atoms with E-state index in [4.69, 9.17) is 17.3 Å². The van der Waals surface area contributed by atoms with E-state index in [-0.39, 0.29) is 12.5 Å². The molecule has 0 spiro atoms. The Morgan fingerprint density at radius 3 is 2.88 bits per heavy atom. The maximum Gasteiger partial charge on any atom is 0.238 e. The van der Waals surface area contributed by atoms with Gasteiger partial charge >= 0.3 is 0 Å². The number of nitrogens with zero attached hydrogens (tertiary/aromatic N) is 2. The average molecular weight is 407 g/mol. The van der Waals surface area contributed by atoms with E-state index in [0.29, 0.717) is 12.6 Å². The van der Waals surface area contributed by atoms with Crippen molar-refractivity contribution in [1.82, 2.24) is 10.3 Å². The number of amidine groups is 1. The Kier molecular flexibility index (Phi) is 5.11. The smallest absolute Gasteiger partial charge is 0.238 e. The van der Waals surface area contributed by atoms with Gasteiger partial charge in [-0.3, -0.25) is 9.80 Å². The van der Waals surface area contributed by atoms with E-state index in [2.05, 4.69) is 16.5 Å². The van der Waals surface area contributed by atoms with E-state index in [1.807, 2.05) is 36.0 Å². The fourth-order valence-corrected chi connectivity index (χ4v) is 5.57. The van der Waals surface area contributed by atoms with E-state index in [1.165, 1.54) is 15.5 Å². The normalized spacial score (nSPS) is 19.2. The van der Waals surface area contributed by atoms with Gasteiger partial charge in [-0.2, -0.15) is 16.9 Å². The lowest BCUT2D eigenvalue weighted by Crippen LogP contribution is -2.41. The molecule has 3 N–H and O–H groups in total. The summed E-state index contributed by atoms with van der Waals surface area (Å²) >= 11 is 9.68. The third-order valence-electron chi connectivity index (χ3n) is 4.37. The summed E-state index contributed by atoms with van der Waals surface area (Å²) in [4.78, 5) is 13.7. The zero-order valence-corrected chi connectivity index (χ0v) is 16.5. The Morgan fingerprint density at radius 1 is 1.38 bits per heavy atom. The lowest BCUT2D eigenvalue weighted by molar-refractivity contribution is -0.119. The zero-order valence-electron chi connectivity index (χ0n) is 14.1. The number of halogens is 1. The third kappa shape index (κ3) is 3.84. The number of amides is 1. The Labute approximate surface area is 165 Å². The third-order valence-corrected chi connectivity index (χ3v) is 6.95. The number of rotatable bonds is 4. The maximum absolute atomic E-state index is 11.4. The SMILES string of the molecule is NC(=O)CN1Cc2sc(-c3ccc(Cl)cc3)cc2C(NC2CCSC2)=N1. The first-order valence-corrected chi connectivity index (χ1v) is 10.8. The highest BCUT2D eigenvalue weighted by atomic mass is 35.5. The van der Waals surface area contributed by atoms with Gasteiger partial charge < -0.3 is 11.1 Å². The molecule has 0 bridgehead atoms. The number of carbonyl (C=O) groups is 1. The summed E-state index contributed by atoms with van der Waals surface area (Å²) in [6.07, 6.45) is 1.13. The number of primary amides is 1. The summed E-state index contributed by atoms with van der Waals surface area (Å²) in [6.45, 7) is 0.722. The molecule has 136 valence electrons. The molecule has 0 saturated carbocycles. The molecule has 1 aromatic carbocycles. The van der Waals surface area contributed by atoms with Gasteiger partial charge in [0.1, 0.15) is 6.54 Å². The van der Waals surface area contributed by atoms with Crippen molar-refractivity contribution in [3.05, 3.63) is 45.8 Å². The highest BCUT2D eigenvalue weighted by molar-refractivity contribution is 7.99. The van der Waals surface area contributed by atoms with E-state index in [9.17, 15) is 4.79 Å². The van der Waals surface area contributed by atoms with Crippen molar-refractivity contribution in [3.8, 4) is 10.4 Å². The van der Waals surface area contributed by atoms with Crippen LogP contribution in [0.2, 0.25) is 5.02 Å². The van der Waals surface area contributed by atoms with Crippen molar-refractivity contribution in [2.45, 2.75) is 19.0 Å². The summed E-state index contributed by atoms with van der Waals surface area (Å²) in [7, 11) is 0. The first kappa shape index (κ1) is 17.7. The number of benzene rings is 1. The molecule has 1 aromatic heterocycles. The minimum atomic E-state index is -0.373. The number of hydrazone groups is 1. The number of thiophene rings is 1. The number of hydrogen-bond donors (Lipinski definition) is 2. The molecule has 26 heavy (non-hydrogen) atoms. The highest BCUT2D eigenvalue weighted by Crippen LogP contribution is 2.35. The molecule has 1 unspecified atom stereocenters. The van der Waals surface area contributed by atoms with Crippen molar-refractivity contribution >= 4 is 46.4 Å². The van der Waals surface area contributed by atoms with Gasteiger partial charge in [-0.25, -0.2) is 0 Å². The van der Waals surface area contributed by atoms with Gasteiger partial charge in [-0.1, -0.05) is 23.7 Å². The van der Waals surface area contributed by atoms with Crippen molar-refractivity contribution in [3.63, 3.8) is 0 Å². The zero-order chi connectivity index (χ0) is 18.1. The van der Waals surface area contributed by atoms with E-state index in [0.717, 1.165) is 34.2 Å². The Balaban J connectivity index is 1.66. The second kappa shape index (κ2) is 7.50. The minimum Gasteiger partial charge on any atom is -0.368 e. The van der Waals surface area contributed by atoms with E-state index in [1.54, 1.807) is 16.3 Å². The molecule has 8 heteroatoms. The molecule has 2 aliphatic heterocycles. The van der Waals surface area contributed by atoms with Crippen molar-refractivity contribution in [2.24, 2.45) is 10.8 Å². The fourth-order valence-electron chi connectivity index (χ4n) is 3.12. The first-order valence-electron chi connectivity index (χ1n) is 8.43. The molecular weight excluding hydrogens is 388 g/mol. The quantitative estimate of drug-likeness (QED) is 0.818. The standard InChI is InChI=1S/C18H19ClN4OS2/c19-12-3-1-11(2-4-12)15-7-14-16(26-15)8-23(9-17(20)24)22-18(14)21-13-5-6-25-10-13/h1-4,7,13H,5-6,8-10H2,(H2,20,24)(H,21,22). The van der Waals surface area contributed by atoms with Crippen LogP contribution in [0.4, 0.5) is 0 Å². The number of hydrogen-bond acceptors (Lipinski definition) is 6. The maximum atomic E-state index is 11.4. The van der Waals surface area contributed by atoms with Gasteiger partial charge in [0.15, 0.2) is 5.84 Å². The first-order chi connectivity index (χ1) is 12.6. The van der Waals surface area contributed by atoms with Crippen LogP contribution in [0.5, 0.6) is 0 Å². The van der Waals surface area contributed by atoms with Gasteiger partial charge in [0, 0.05) is 32.1 Å². The minimum absolute atomic E-state index is 0.123. The lowest BCUT2D eigenvalue weighted by atomic mass is 10.1. The van der Waals surface area contributed by atoms with Gasteiger partial charge in [-0.05, 0) is 35.9 Å². The Morgan fingerprint density at radius 2 is 2.19 bits per heavy atom. The van der Waals surface area contributed by atoms with Crippen molar-refractivity contribution in [2.75, 3.05) is 18.1 Å². The van der Waals surface area contributed by atoms with Crippen LogP contribution in [0.3, 0.4) is 0 Å². The van der Waals surface area contributed by atoms with E-state index >= 15 is 0 Å². The predicted molar refractivity (Wildman–Crippen MR) is 110 cm³/mol. The van der Waals surface area contributed by atoms with Crippen LogP contribution in [0, 0.1) is 0 Å². The topological polar surface area (TPSA) is 70.7 Å². The molecule has 1 saturated heterocycles. The van der Waals surface area contributed by atoms with Crippen LogP contribution in [0.25, 0.3) is 10.4 Å². The molecular formula is C18H19ClN4OS2. The number of nitrogens with one attached hydrogen (secondary N) is 1. The van der Waals surface area contributed by atoms with Crippen LogP contribution >= 0.6 is 34.7 Å². The number of fused-ring (bicyclic) bond motifs is 1. The predicted octanol–water partition coefficient (Wildman–Crippen LogP) is 3.13. The van der Waals surface area contributed by atoms with Crippen LogP contribution in [-0.4, -0.2) is 40.8 Å². The van der Waals surface area contributed by atoms with Crippen LogP contribution in [-0.2, 0) is 11.3 Å². The molecule has 5 nitrogen and oxygen atoms in total. The number of thioether (sulfide) groups is 1. The van der Waals surface area contributed by atoms with Crippen molar-refractivity contribution in [1.29, 1.82) is 0 Å². The summed E-state index contributed by atoms with van der Waals surface area (Å²) in [5.74, 6) is 2.72. The van der Waals surface area contributed by atoms with Crippen molar-refractivity contribution < 1.29 is 4.79 Å². The summed E-state index contributed by atoms with van der Waals surface area (Å²) in [6, 6.07) is 10.4. The van der Waals surface area contributed by atoms with Gasteiger partial charge in [0.05, 0.1) is 6.54 Å². The average Bonchev–Trinajstić information content (AvgIpc) is 3.24. The second-order valence-electron chi connectivity index (χ2n) is 6.40. The molecule has 0 radical (unpaired) electrons. The second-order valence-corrected chi connectivity index (χ2v) is 9.12. The number of carbonyl (C=O) groups excluding carboxylic acids is 1. The highest BCUT2D eigenvalue weighted by Gasteiger charge is 2.26. The summed E-state index contributed by atoms with van der Waals surface area (Å²) in [5.41, 5.74) is 7.63. The molecule has 2 aromatic rings. The molecule has 1 atom stereocenters. The van der Waals surface area contributed by atoms with Crippen LogP contribution < -0.4 is 11.1 Å². The molecule has 2 aliphatic rings. The summed E-state index contributed by atoms with van der Waals surface area (Å²) < 4.78 is 0.